The van der Waals surface area contributed by atoms with Gasteiger partial charge in [-0.05, 0) is 29.8 Å². The van der Waals surface area contributed by atoms with Crippen LogP contribution in [-0.4, -0.2) is 30.9 Å². The summed E-state index contributed by atoms with van der Waals surface area (Å²) in [6, 6.07) is 17.2. The number of aromatic hydroxyl groups is 1. The van der Waals surface area contributed by atoms with Crippen molar-refractivity contribution in [3.05, 3.63) is 82.1 Å². The van der Waals surface area contributed by atoms with Crippen molar-refractivity contribution in [1.82, 2.24) is 14.8 Å². The zero-order chi connectivity index (χ0) is 19.7. The molecule has 0 bridgehead atoms. The molecule has 8 nitrogen and oxygen atoms in total. The Morgan fingerprint density at radius 2 is 1.82 bits per heavy atom. The zero-order valence-electron chi connectivity index (χ0n) is 14.6. The fourth-order valence-electron chi connectivity index (χ4n) is 2.97. The number of carboxylic acids is 1. The number of benzene rings is 2. The van der Waals surface area contributed by atoms with E-state index in [2.05, 4.69) is 15.4 Å². The molecule has 140 valence electrons. The summed E-state index contributed by atoms with van der Waals surface area (Å²) in [7, 11) is 0. The van der Waals surface area contributed by atoms with E-state index < -0.39 is 11.5 Å². The maximum Gasteiger partial charge on any atom is 0.335 e. The number of anilines is 1. The minimum atomic E-state index is -0.987. The highest BCUT2D eigenvalue weighted by Gasteiger charge is 2.17. The number of aromatic amines is 1. The summed E-state index contributed by atoms with van der Waals surface area (Å²) in [5.41, 5.74) is 1.70. The summed E-state index contributed by atoms with van der Waals surface area (Å²) in [5, 5.41) is 26.7. The Bertz CT molecular complexity index is 1210. The lowest BCUT2D eigenvalue weighted by Crippen LogP contribution is -2.10. The maximum absolute atomic E-state index is 12.4. The van der Waals surface area contributed by atoms with Crippen LogP contribution in [0, 0.1) is 0 Å². The first-order valence-corrected chi connectivity index (χ1v) is 8.49. The van der Waals surface area contributed by atoms with Crippen molar-refractivity contribution in [3.8, 4) is 11.6 Å². The van der Waals surface area contributed by atoms with Crippen molar-refractivity contribution in [2.24, 2.45) is 0 Å². The third kappa shape index (κ3) is 3.18. The summed E-state index contributed by atoms with van der Waals surface area (Å²) in [4.78, 5) is 25.8. The van der Waals surface area contributed by atoms with Crippen LogP contribution in [0.2, 0.25) is 0 Å². The van der Waals surface area contributed by atoms with Gasteiger partial charge in [0.1, 0.15) is 16.7 Å². The van der Waals surface area contributed by atoms with Crippen molar-refractivity contribution < 1.29 is 15.0 Å². The van der Waals surface area contributed by atoms with E-state index in [-0.39, 0.29) is 11.4 Å². The second-order valence-electron chi connectivity index (χ2n) is 6.20. The fourth-order valence-corrected chi connectivity index (χ4v) is 2.97. The number of para-hydroxylation sites is 1. The van der Waals surface area contributed by atoms with Gasteiger partial charge in [-0.15, -0.1) is 0 Å². The highest BCUT2D eigenvalue weighted by Crippen LogP contribution is 2.25. The van der Waals surface area contributed by atoms with E-state index in [1.165, 1.54) is 18.2 Å². The maximum atomic E-state index is 12.4. The Labute approximate surface area is 158 Å². The van der Waals surface area contributed by atoms with E-state index in [9.17, 15) is 14.7 Å². The summed E-state index contributed by atoms with van der Waals surface area (Å²) >= 11 is 0. The first-order chi connectivity index (χ1) is 13.5. The van der Waals surface area contributed by atoms with Crippen LogP contribution in [0.4, 0.5) is 5.82 Å². The Kier molecular flexibility index (Phi) is 4.29. The first-order valence-electron chi connectivity index (χ1n) is 8.49. The molecule has 0 spiro atoms. The lowest BCUT2D eigenvalue weighted by atomic mass is 10.1. The van der Waals surface area contributed by atoms with Crippen LogP contribution in [-0.2, 0) is 6.54 Å². The van der Waals surface area contributed by atoms with Gasteiger partial charge in [0.25, 0.3) is 5.56 Å². The molecular formula is C20H16N4O4. The summed E-state index contributed by atoms with van der Waals surface area (Å²) in [6.45, 7) is 0.355. The fraction of sp³-hybridized carbons (Fsp3) is 0.0500. The summed E-state index contributed by atoms with van der Waals surface area (Å²) in [5.74, 6) is -0.769. The van der Waals surface area contributed by atoms with Crippen molar-refractivity contribution in [2.75, 3.05) is 5.32 Å². The molecule has 28 heavy (non-hydrogen) atoms. The highest BCUT2D eigenvalue weighted by atomic mass is 16.4. The van der Waals surface area contributed by atoms with Gasteiger partial charge in [-0.2, -0.15) is 5.10 Å². The van der Waals surface area contributed by atoms with Crippen molar-refractivity contribution in [1.29, 1.82) is 0 Å². The average molecular weight is 376 g/mol. The Morgan fingerprint density at radius 3 is 2.50 bits per heavy atom. The molecule has 0 saturated carbocycles. The number of H-pyrrole nitrogens is 1. The van der Waals surface area contributed by atoms with Crippen molar-refractivity contribution >= 4 is 22.7 Å². The van der Waals surface area contributed by atoms with Gasteiger partial charge < -0.3 is 15.5 Å². The standard InChI is InChI=1S/C20H16N4O4/c25-16-10-15-17(19(26)22-16)18(24(23-15)14-4-2-1-3-5-14)21-11-12-6-8-13(9-7-12)20(27)28/h1-10,21,25H,11H2,(H,22,26)(H,27,28). The summed E-state index contributed by atoms with van der Waals surface area (Å²) in [6.07, 6.45) is 0. The number of nitrogens with zero attached hydrogens (tertiary/aromatic N) is 2. The van der Waals surface area contributed by atoms with Crippen LogP contribution in [0.3, 0.4) is 0 Å². The van der Waals surface area contributed by atoms with Crippen LogP contribution in [0.1, 0.15) is 15.9 Å². The number of pyridine rings is 1. The topological polar surface area (TPSA) is 120 Å². The molecule has 4 rings (SSSR count). The first kappa shape index (κ1) is 17.3. The molecule has 4 N–H and O–H groups in total. The molecule has 0 unspecified atom stereocenters. The molecule has 0 fully saturated rings. The molecule has 0 amide bonds. The van der Waals surface area contributed by atoms with Crippen LogP contribution < -0.4 is 10.9 Å². The van der Waals surface area contributed by atoms with Gasteiger partial charge in [0.05, 0.1) is 11.3 Å². The normalized spacial score (nSPS) is 10.9. The molecule has 4 aromatic rings. The van der Waals surface area contributed by atoms with Crippen LogP contribution in [0.15, 0.2) is 65.5 Å². The van der Waals surface area contributed by atoms with Gasteiger partial charge >= 0.3 is 5.97 Å². The number of nitrogens with one attached hydrogen (secondary N) is 2. The highest BCUT2D eigenvalue weighted by molar-refractivity contribution is 5.91. The number of aromatic nitrogens is 3. The molecule has 8 heteroatoms. The number of hydrogen-bond acceptors (Lipinski definition) is 5. The van der Waals surface area contributed by atoms with Crippen LogP contribution >= 0.6 is 0 Å². The van der Waals surface area contributed by atoms with Gasteiger partial charge in [0.15, 0.2) is 5.88 Å². The molecule has 0 radical (unpaired) electrons. The predicted octanol–water partition coefficient (Wildman–Crippen LogP) is 2.73. The minimum absolute atomic E-state index is 0.204. The lowest BCUT2D eigenvalue weighted by Gasteiger charge is -2.10. The number of hydrogen-bond donors (Lipinski definition) is 4. The summed E-state index contributed by atoms with van der Waals surface area (Å²) < 4.78 is 1.60. The zero-order valence-corrected chi connectivity index (χ0v) is 14.6. The van der Waals surface area contributed by atoms with E-state index in [1.807, 2.05) is 30.3 Å². The average Bonchev–Trinajstić information content (AvgIpc) is 3.06. The van der Waals surface area contributed by atoms with Gasteiger partial charge in [0.2, 0.25) is 0 Å². The second kappa shape index (κ2) is 6.92. The number of carboxylic acid groups (broad SMARTS) is 1. The minimum Gasteiger partial charge on any atom is -0.494 e. The third-order valence-electron chi connectivity index (χ3n) is 4.32. The largest absolute Gasteiger partial charge is 0.494 e. The predicted molar refractivity (Wildman–Crippen MR) is 104 cm³/mol. The van der Waals surface area contributed by atoms with E-state index in [0.717, 1.165) is 11.3 Å². The van der Waals surface area contributed by atoms with Gasteiger partial charge in [-0.25, -0.2) is 9.48 Å². The van der Waals surface area contributed by atoms with Crippen LogP contribution in [0.5, 0.6) is 5.88 Å². The number of carbonyl (C=O) groups is 1. The van der Waals surface area contributed by atoms with Crippen LogP contribution in [0.25, 0.3) is 16.6 Å². The molecule has 2 heterocycles. The van der Waals surface area contributed by atoms with Gasteiger partial charge in [-0.1, -0.05) is 30.3 Å². The molecule has 0 atom stereocenters. The smallest absolute Gasteiger partial charge is 0.335 e. The Hall–Kier alpha value is -4.07. The van der Waals surface area contributed by atoms with E-state index in [4.69, 9.17) is 5.11 Å². The third-order valence-corrected chi connectivity index (χ3v) is 4.32. The quantitative estimate of drug-likeness (QED) is 0.425. The Balaban J connectivity index is 1.76. The van der Waals surface area contributed by atoms with Crippen molar-refractivity contribution in [3.63, 3.8) is 0 Å². The van der Waals surface area contributed by atoms with E-state index in [0.29, 0.717) is 23.3 Å². The lowest BCUT2D eigenvalue weighted by molar-refractivity contribution is 0.0697. The number of rotatable bonds is 5. The SMILES string of the molecule is O=C(O)c1ccc(CNc2c3c(=O)[nH]c(O)cc3nn2-c2ccccc2)cc1. The molecular weight excluding hydrogens is 360 g/mol. The van der Waals surface area contributed by atoms with Gasteiger partial charge in [0, 0.05) is 12.6 Å². The molecule has 0 saturated heterocycles. The number of fused-ring (bicyclic) bond motifs is 1. The van der Waals surface area contributed by atoms with E-state index in [1.54, 1.807) is 16.8 Å². The molecule has 2 aromatic heterocycles. The van der Waals surface area contributed by atoms with E-state index >= 15 is 0 Å². The Morgan fingerprint density at radius 1 is 1.11 bits per heavy atom. The monoisotopic (exact) mass is 376 g/mol. The second-order valence-corrected chi connectivity index (χ2v) is 6.20. The molecule has 0 aliphatic heterocycles. The molecule has 2 aromatic carbocycles. The molecule has 0 aliphatic rings. The molecule has 0 aliphatic carbocycles. The van der Waals surface area contributed by atoms with Crippen molar-refractivity contribution in [2.45, 2.75) is 6.54 Å². The van der Waals surface area contributed by atoms with Gasteiger partial charge in [-0.3, -0.25) is 9.78 Å². The number of aromatic carboxylic acids is 1.